The van der Waals surface area contributed by atoms with Crippen molar-refractivity contribution in [2.75, 3.05) is 0 Å². The van der Waals surface area contributed by atoms with E-state index in [1.807, 2.05) is 24.3 Å². The molecule has 4 rings (SSSR count). The Morgan fingerprint density at radius 2 is 1.93 bits per heavy atom. The number of rotatable bonds is 1. The Kier molecular flexibility index (Phi) is 4.11. The average molecular weight is 398 g/mol. The van der Waals surface area contributed by atoms with Crippen molar-refractivity contribution in [3.8, 4) is 11.8 Å². The van der Waals surface area contributed by atoms with Crippen LogP contribution >= 0.6 is 23.2 Å². The first-order valence-corrected chi connectivity index (χ1v) is 8.84. The van der Waals surface area contributed by atoms with Gasteiger partial charge in [-0.2, -0.15) is 5.26 Å². The molecule has 0 amide bonds. The SMILES string of the molecule is Cn1c(=O)c2c(c3ccccc31)OC(N)=C(C#N)[C@H]2c1cccc(Cl)c1Cl. The summed E-state index contributed by atoms with van der Waals surface area (Å²) in [4.78, 5) is 13.2. The first-order valence-electron chi connectivity index (χ1n) is 8.08. The van der Waals surface area contributed by atoms with E-state index in [9.17, 15) is 10.1 Å². The van der Waals surface area contributed by atoms with Gasteiger partial charge in [0.1, 0.15) is 17.4 Å². The molecule has 0 fully saturated rings. The molecular weight excluding hydrogens is 385 g/mol. The molecule has 0 spiro atoms. The van der Waals surface area contributed by atoms with Gasteiger partial charge in [-0.3, -0.25) is 4.79 Å². The molecule has 2 heterocycles. The Morgan fingerprint density at radius 3 is 2.67 bits per heavy atom. The van der Waals surface area contributed by atoms with Crippen LogP contribution in [-0.2, 0) is 7.05 Å². The molecule has 1 aliphatic rings. The van der Waals surface area contributed by atoms with E-state index in [4.69, 9.17) is 33.7 Å². The molecule has 2 aromatic carbocycles. The number of aryl methyl sites for hydroxylation is 1. The molecule has 0 radical (unpaired) electrons. The van der Waals surface area contributed by atoms with E-state index >= 15 is 0 Å². The largest absolute Gasteiger partial charge is 0.439 e. The van der Waals surface area contributed by atoms with Crippen LogP contribution in [0.15, 0.2) is 58.7 Å². The third-order valence-corrected chi connectivity index (χ3v) is 5.59. The van der Waals surface area contributed by atoms with E-state index in [0.29, 0.717) is 27.4 Å². The first kappa shape index (κ1) is 17.5. The third kappa shape index (κ3) is 2.49. The second-order valence-electron chi connectivity index (χ2n) is 6.19. The van der Waals surface area contributed by atoms with E-state index in [1.165, 1.54) is 4.57 Å². The zero-order valence-electron chi connectivity index (χ0n) is 14.2. The standard InChI is InChI=1S/C20H13Cl2N3O2/c1-25-14-8-3-2-5-10(14)18-16(20(25)26)15(12(9-23)19(24)27-18)11-6-4-7-13(21)17(11)22/h2-8,15H,24H2,1H3/t15-/m1/s1. The summed E-state index contributed by atoms with van der Waals surface area (Å²) in [6.45, 7) is 0. The van der Waals surface area contributed by atoms with Crippen molar-refractivity contribution in [2.45, 2.75) is 5.92 Å². The van der Waals surface area contributed by atoms with Crippen LogP contribution in [0.3, 0.4) is 0 Å². The monoisotopic (exact) mass is 397 g/mol. The number of hydrogen-bond donors (Lipinski definition) is 1. The number of benzene rings is 2. The molecule has 0 aliphatic carbocycles. The number of para-hydroxylation sites is 1. The fourth-order valence-corrected chi connectivity index (χ4v) is 3.90. The van der Waals surface area contributed by atoms with Gasteiger partial charge in [0, 0.05) is 12.4 Å². The maximum Gasteiger partial charge on any atom is 0.258 e. The number of hydrogen-bond acceptors (Lipinski definition) is 4. The summed E-state index contributed by atoms with van der Waals surface area (Å²) in [6.07, 6.45) is 0. The molecule has 1 aliphatic heterocycles. The Morgan fingerprint density at radius 1 is 1.19 bits per heavy atom. The molecule has 0 saturated carbocycles. The summed E-state index contributed by atoms with van der Waals surface area (Å²) in [5.74, 6) is -0.482. The highest BCUT2D eigenvalue weighted by atomic mass is 35.5. The maximum absolute atomic E-state index is 13.2. The topological polar surface area (TPSA) is 81.0 Å². The van der Waals surface area contributed by atoms with Crippen molar-refractivity contribution in [3.63, 3.8) is 0 Å². The van der Waals surface area contributed by atoms with E-state index in [2.05, 4.69) is 6.07 Å². The lowest BCUT2D eigenvalue weighted by atomic mass is 9.83. The fraction of sp³-hybridized carbons (Fsp3) is 0.100. The lowest BCUT2D eigenvalue weighted by Gasteiger charge is -2.28. The minimum absolute atomic E-state index is 0.0514. The smallest absolute Gasteiger partial charge is 0.258 e. The Hall–Kier alpha value is -2.94. The average Bonchev–Trinajstić information content (AvgIpc) is 2.67. The number of nitrogens with two attached hydrogens (primary N) is 1. The van der Waals surface area contributed by atoms with Gasteiger partial charge in [-0.05, 0) is 23.8 Å². The van der Waals surface area contributed by atoms with E-state index < -0.39 is 5.92 Å². The summed E-state index contributed by atoms with van der Waals surface area (Å²) in [5, 5.41) is 11.0. The van der Waals surface area contributed by atoms with Gasteiger partial charge in [-0.15, -0.1) is 0 Å². The van der Waals surface area contributed by atoms with Crippen LogP contribution in [0, 0.1) is 11.3 Å². The van der Waals surface area contributed by atoms with Gasteiger partial charge in [0.25, 0.3) is 5.56 Å². The minimum Gasteiger partial charge on any atom is -0.439 e. The van der Waals surface area contributed by atoms with Crippen molar-refractivity contribution in [2.24, 2.45) is 12.8 Å². The number of allylic oxidation sites excluding steroid dienone is 1. The van der Waals surface area contributed by atoms with Gasteiger partial charge >= 0.3 is 0 Å². The Labute approximate surface area is 164 Å². The van der Waals surface area contributed by atoms with Crippen molar-refractivity contribution < 1.29 is 4.74 Å². The van der Waals surface area contributed by atoms with Crippen molar-refractivity contribution in [1.29, 1.82) is 5.26 Å². The highest BCUT2D eigenvalue weighted by molar-refractivity contribution is 6.42. The number of nitrogens with zero attached hydrogens (tertiary/aromatic N) is 2. The molecule has 0 unspecified atom stereocenters. The number of aromatic nitrogens is 1. The number of nitriles is 1. The second kappa shape index (κ2) is 6.34. The quantitative estimate of drug-likeness (QED) is 0.670. The predicted molar refractivity (Wildman–Crippen MR) is 105 cm³/mol. The number of ether oxygens (including phenoxy) is 1. The van der Waals surface area contributed by atoms with E-state index in [-0.39, 0.29) is 22.0 Å². The Balaban J connectivity index is 2.17. The molecule has 2 N–H and O–H groups in total. The second-order valence-corrected chi connectivity index (χ2v) is 6.98. The van der Waals surface area contributed by atoms with E-state index in [1.54, 1.807) is 25.2 Å². The molecule has 134 valence electrons. The van der Waals surface area contributed by atoms with Crippen molar-refractivity contribution >= 4 is 34.1 Å². The summed E-state index contributed by atoms with van der Waals surface area (Å²) in [7, 11) is 1.68. The summed E-state index contributed by atoms with van der Waals surface area (Å²) < 4.78 is 7.28. The molecular formula is C20H13Cl2N3O2. The number of fused-ring (bicyclic) bond motifs is 3. The molecule has 0 saturated heterocycles. The van der Waals surface area contributed by atoms with Gasteiger partial charge in [-0.25, -0.2) is 0 Å². The number of halogens is 2. The fourth-order valence-electron chi connectivity index (χ4n) is 3.48. The molecule has 7 heteroatoms. The molecule has 0 bridgehead atoms. The summed E-state index contributed by atoms with van der Waals surface area (Å²) in [5.41, 5.74) is 7.43. The van der Waals surface area contributed by atoms with Gasteiger partial charge in [0.05, 0.1) is 27.0 Å². The summed E-state index contributed by atoms with van der Waals surface area (Å²) in [6, 6.07) is 14.5. The zero-order chi connectivity index (χ0) is 19.3. The zero-order valence-corrected chi connectivity index (χ0v) is 15.7. The van der Waals surface area contributed by atoms with Crippen LogP contribution < -0.4 is 16.0 Å². The summed E-state index contributed by atoms with van der Waals surface area (Å²) >= 11 is 12.6. The molecule has 1 atom stereocenters. The van der Waals surface area contributed by atoms with Gasteiger partial charge in [0.2, 0.25) is 5.88 Å². The van der Waals surface area contributed by atoms with Crippen LogP contribution in [0.4, 0.5) is 0 Å². The van der Waals surface area contributed by atoms with Gasteiger partial charge in [0.15, 0.2) is 0 Å². The number of pyridine rings is 1. The van der Waals surface area contributed by atoms with Crippen LogP contribution in [0.2, 0.25) is 10.0 Å². The van der Waals surface area contributed by atoms with Crippen LogP contribution in [-0.4, -0.2) is 4.57 Å². The van der Waals surface area contributed by atoms with Crippen LogP contribution in [0.1, 0.15) is 17.0 Å². The molecule has 5 nitrogen and oxygen atoms in total. The lowest BCUT2D eigenvalue weighted by Crippen LogP contribution is -2.31. The van der Waals surface area contributed by atoms with Crippen molar-refractivity contribution in [3.05, 3.63) is 85.4 Å². The van der Waals surface area contributed by atoms with Gasteiger partial charge < -0.3 is 15.0 Å². The highest BCUT2D eigenvalue weighted by Gasteiger charge is 2.36. The first-order chi connectivity index (χ1) is 13.0. The minimum atomic E-state index is -0.770. The molecule has 27 heavy (non-hydrogen) atoms. The predicted octanol–water partition coefficient (Wildman–Crippen LogP) is 4.06. The molecule has 1 aromatic heterocycles. The third-order valence-electron chi connectivity index (χ3n) is 4.76. The van der Waals surface area contributed by atoms with E-state index in [0.717, 1.165) is 5.39 Å². The van der Waals surface area contributed by atoms with Crippen molar-refractivity contribution in [1.82, 2.24) is 4.57 Å². The van der Waals surface area contributed by atoms with Crippen LogP contribution in [0.5, 0.6) is 5.75 Å². The molecule has 3 aromatic rings. The van der Waals surface area contributed by atoms with Crippen LogP contribution in [0.25, 0.3) is 10.9 Å². The maximum atomic E-state index is 13.2. The highest BCUT2D eigenvalue weighted by Crippen LogP contribution is 2.46. The van der Waals surface area contributed by atoms with Gasteiger partial charge in [-0.1, -0.05) is 47.5 Å². The lowest BCUT2D eigenvalue weighted by molar-refractivity contribution is 0.396. The Bertz CT molecular complexity index is 1240. The normalized spacial score (nSPS) is 16.0.